The van der Waals surface area contributed by atoms with E-state index < -0.39 is 0 Å². The molecule has 0 amide bonds. The lowest BCUT2D eigenvalue weighted by Gasteiger charge is -2.31. The minimum absolute atomic E-state index is 0.180. The molecule has 20 heavy (non-hydrogen) atoms. The molecule has 0 spiro atoms. The van der Waals surface area contributed by atoms with Crippen LogP contribution in [0, 0.1) is 5.92 Å². The van der Waals surface area contributed by atoms with Crippen LogP contribution in [0.2, 0.25) is 0 Å². The van der Waals surface area contributed by atoms with E-state index in [1.165, 1.54) is 44.2 Å². The van der Waals surface area contributed by atoms with Gasteiger partial charge in [-0.2, -0.15) is 0 Å². The van der Waals surface area contributed by atoms with Crippen LogP contribution in [0.1, 0.15) is 66.7 Å². The molecule has 2 nitrogen and oxygen atoms in total. The highest BCUT2D eigenvalue weighted by Gasteiger charge is 2.23. The summed E-state index contributed by atoms with van der Waals surface area (Å²) in [6.07, 6.45) is 6.90. The average Bonchev–Trinajstić information content (AvgIpc) is 2.84. The van der Waals surface area contributed by atoms with Gasteiger partial charge in [0, 0.05) is 24.7 Å². The number of nitrogens with zero attached hydrogens (tertiary/aromatic N) is 1. The number of hydrogen-bond acceptors (Lipinski definition) is 2. The molecule has 0 radical (unpaired) electrons. The lowest BCUT2D eigenvalue weighted by atomic mass is 10.1. The van der Waals surface area contributed by atoms with Gasteiger partial charge in [-0.1, -0.05) is 33.3 Å². The van der Waals surface area contributed by atoms with Gasteiger partial charge < -0.3 is 5.32 Å². The molecular weight excluding hydrogens is 244 g/mol. The molecule has 0 atom stereocenters. The summed E-state index contributed by atoms with van der Waals surface area (Å²) in [5, 5.41) is 3.56. The van der Waals surface area contributed by atoms with Gasteiger partial charge in [-0.25, -0.2) is 0 Å². The largest absolute Gasteiger partial charge is 0.308 e. The van der Waals surface area contributed by atoms with Gasteiger partial charge >= 0.3 is 0 Å². The summed E-state index contributed by atoms with van der Waals surface area (Å²) in [5.41, 5.74) is 1.51. The van der Waals surface area contributed by atoms with Gasteiger partial charge in [-0.05, 0) is 58.1 Å². The predicted molar refractivity (Wildman–Crippen MR) is 90.2 cm³/mol. The van der Waals surface area contributed by atoms with Crippen LogP contribution in [0.4, 0.5) is 0 Å². The second-order valence-corrected chi connectivity index (χ2v) is 7.94. The number of nitrogens with one attached hydrogen (secondary N) is 1. The quantitative estimate of drug-likeness (QED) is 0.670. The molecule has 1 aliphatic carbocycles. The molecule has 0 aromatic carbocycles. The Morgan fingerprint density at radius 2 is 1.85 bits per heavy atom. The van der Waals surface area contributed by atoms with Crippen molar-refractivity contribution in [3.05, 3.63) is 12.2 Å². The molecule has 0 aromatic rings. The summed E-state index contributed by atoms with van der Waals surface area (Å²) in [5.74, 6) is 0.792. The molecule has 1 aliphatic rings. The maximum Gasteiger partial charge on any atom is 0.0205 e. The zero-order valence-corrected chi connectivity index (χ0v) is 14.5. The molecule has 0 unspecified atom stereocenters. The lowest BCUT2D eigenvalue weighted by Crippen LogP contribution is -2.41. The van der Waals surface area contributed by atoms with Gasteiger partial charge in [-0.3, -0.25) is 4.90 Å². The van der Waals surface area contributed by atoms with Crippen molar-refractivity contribution in [1.29, 1.82) is 0 Å². The Morgan fingerprint density at radius 1 is 1.25 bits per heavy atom. The van der Waals surface area contributed by atoms with E-state index >= 15 is 0 Å². The van der Waals surface area contributed by atoms with Crippen molar-refractivity contribution in [2.75, 3.05) is 19.6 Å². The summed E-state index contributed by atoms with van der Waals surface area (Å²) in [6.45, 7) is 18.8. The van der Waals surface area contributed by atoms with E-state index in [0.717, 1.165) is 25.0 Å². The van der Waals surface area contributed by atoms with Crippen LogP contribution < -0.4 is 5.32 Å². The molecule has 0 saturated heterocycles. The lowest BCUT2D eigenvalue weighted by molar-refractivity contribution is 0.202. The monoisotopic (exact) mass is 280 g/mol. The minimum atomic E-state index is 0.180. The Hall–Kier alpha value is -0.340. The SMILES string of the molecule is C=C(CNC(C)(C)C)CN(CCC(C)C)C1CCCC1. The summed E-state index contributed by atoms with van der Waals surface area (Å²) in [6, 6.07) is 0.806. The van der Waals surface area contributed by atoms with Gasteiger partial charge in [0.25, 0.3) is 0 Å². The van der Waals surface area contributed by atoms with Crippen LogP contribution in [0.5, 0.6) is 0 Å². The zero-order valence-electron chi connectivity index (χ0n) is 14.5. The van der Waals surface area contributed by atoms with E-state index in [9.17, 15) is 0 Å². The predicted octanol–water partition coefficient (Wildman–Crippen LogP) is 4.22. The van der Waals surface area contributed by atoms with Crippen LogP contribution in [0.25, 0.3) is 0 Å². The first-order valence-electron chi connectivity index (χ1n) is 8.43. The second-order valence-electron chi connectivity index (χ2n) is 7.94. The maximum atomic E-state index is 4.29. The van der Waals surface area contributed by atoms with Gasteiger partial charge in [0.1, 0.15) is 0 Å². The van der Waals surface area contributed by atoms with Crippen molar-refractivity contribution < 1.29 is 0 Å². The molecule has 2 heteroatoms. The van der Waals surface area contributed by atoms with E-state index in [4.69, 9.17) is 0 Å². The van der Waals surface area contributed by atoms with Crippen molar-refractivity contribution in [1.82, 2.24) is 10.2 Å². The summed E-state index contributed by atoms with van der Waals surface area (Å²) < 4.78 is 0. The second kappa shape index (κ2) is 8.19. The average molecular weight is 280 g/mol. The first-order chi connectivity index (χ1) is 9.28. The number of rotatable bonds is 8. The molecule has 118 valence electrons. The molecule has 0 aromatic heterocycles. The highest BCUT2D eigenvalue weighted by atomic mass is 15.2. The van der Waals surface area contributed by atoms with Crippen molar-refractivity contribution in [2.45, 2.75) is 78.3 Å². The zero-order chi connectivity index (χ0) is 15.2. The Bertz CT molecular complexity index is 282. The third-order valence-corrected chi connectivity index (χ3v) is 4.13. The molecule has 0 heterocycles. The summed E-state index contributed by atoms with van der Waals surface area (Å²) in [7, 11) is 0. The third-order valence-electron chi connectivity index (χ3n) is 4.13. The van der Waals surface area contributed by atoms with E-state index in [1.807, 2.05) is 0 Å². The molecule has 1 fully saturated rings. The van der Waals surface area contributed by atoms with Crippen LogP contribution in [0.15, 0.2) is 12.2 Å². The van der Waals surface area contributed by atoms with E-state index in [2.05, 4.69) is 51.4 Å². The first kappa shape index (κ1) is 17.7. The van der Waals surface area contributed by atoms with Crippen molar-refractivity contribution in [2.24, 2.45) is 5.92 Å². The molecular formula is C18H36N2. The topological polar surface area (TPSA) is 15.3 Å². The van der Waals surface area contributed by atoms with E-state index in [0.29, 0.717) is 0 Å². The van der Waals surface area contributed by atoms with Gasteiger partial charge in [0.15, 0.2) is 0 Å². The molecule has 0 bridgehead atoms. The maximum absolute atomic E-state index is 4.29. The highest BCUT2D eigenvalue weighted by molar-refractivity contribution is 5.02. The summed E-state index contributed by atoms with van der Waals surface area (Å²) in [4.78, 5) is 2.69. The van der Waals surface area contributed by atoms with Gasteiger partial charge in [0.2, 0.25) is 0 Å². The van der Waals surface area contributed by atoms with Crippen molar-refractivity contribution >= 4 is 0 Å². The minimum Gasteiger partial charge on any atom is -0.308 e. The van der Waals surface area contributed by atoms with Crippen LogP contribution in [0.3, 0.4) is 0 Å². The van der Waals surface area contributed by atoms with Crippen LogP contribution in [-0.4, -0.2) is 36.1 Å². The van der Waals surface area contributed by atoms with E-state index in [-0.39, 0.29) is 5.54 Å². The summed E-state index contributed by atoms with van der Waals surface area (Å²) >= 11 is 0. The Morgan fingerprint density at radius 3 is 2.35 bits per heavy atom. The van der Waals surface area contributed by atoms with Gasteiger partial charge in [0.05, 0.1) is 0 Å². The molecule has 0 aliphatic heterocycles. The fraction of sp³-hybridized carbons (Fsp3) is 0.889. The first-order valence-corrected chi connectivity index (χ1v) is 8.43. The van der Waals surface area contributed by atoms with Gasteiger partial charge in [-0.15, -0.1) is 0 Å². The molecule has 1 rings (SSSR count). The third kappa shape index (κ3) is 7.44. The van der Waals surface area contributed by atoms with Crippen molar-refractivity contribution in [3.63, 3.8) is 0 Å². The fourth-order valence-electron chi connectivity index (χ4n) is 2.82. The molecule has 1 N–H and O–H groups in total. The van der Waals surface area contributed by atoms with Crippen LogP contribution >= 0.6 is 0 Å². The smallest absolute Gasteiger partial charge is 0.0205 e. The van der Waals surface area contributed by atoms with Crippen LogP contribution in [-0.2, 0) is 0 Å². The standard InChI is InChI=1S/C18H36N2/c1-15(2)11-12-20(17-9-7-8-10-17)14-16(3)13-19-18(4,5)6/h15,17,19H,3,7-14H2,1-2,4-6H3. The Kier molecular flexibility index (Phi) is 7.25. The molecule has 1 saturated carbocycles. The van der Waals surface area contributed by atoms with Crippen molar-refractivity contribution in [3.8, 4) is 0 Å². The normalized spacial score (nSPS) is 17.4. The number of hydrogen-bond donors (Lipinski definition) is 1. The highest BCUT2D eigenvalue weighted by Crippen LogP contribution is 2.24. The Balaban J connectivity index is 2.44. The Labute approximate surface area is 127 Å². The fourth-order valence-corrected chi connectivity index (χ4v) is 2.82. The van der Waals surface area contributed by atoms with E-state index in [1.54, 1.807) is 0 Å².